The number of halogens is 1. The summed E-state index contributed by atoms with van der Waals surface area (Å²) in [5, 5.41) is 4.01. The summed E-state index contributed by atoms with van der Waals surface area (Å²) in [7, 11) is 0. The van der Waals surface area contributed by atoms with Crippen LogP contribution in [0.4, 0.5) is 5.82 Å². The highest BCUT2D eigenvalue weighted by molar-refractivity contribution is 6.31. The number of pyridine rings is 1. The van der Waals surface area contributed by atoms with Gasteiger partial charge in [0.1, 0.15) is 12.4 Å². The van der Waals surface area contributed by atoms with E-state index in [1.807, 2.05) is 72.8 Å². The zero-order valence-electron chi connectivity index (χ0n) is 12.6. The van der Waals surface area contributed by atoms with Crippen LogP contribution in [0.3, 0.4) is 0 Å². The van der Waals surface area contributed by atoms with Gasteiger partial charge in [-0.15, -0.1) is 0 Å². The molecule has 0 atom stereocenters. The van der Waals surface area contributed by atoms with Gasteiger partial charge in [-0.1, -0.05) is 66.2 Å². The SMILES string of the molecule is Clc1ccccc1CNc1cccc(OCc2ccccc2)n1. The minimum Gasteiger partial charge on any atom is -0.473 e. The Morgan fingerprint density at radius 2 is 1.65 bits per heavy atom. The fourth-order valence-electron chi connectivity index (χ4n) is 2.15. The quantitative estimate of drug-likeness (QED) is 0.698. The topological polar surface area (TPSA) is 34.1 Å². The van der Waals surface area contributed by atoms with Crippen molar-refractivity contribution in [2.45, 2.75) is 13.2 Å². The van der Waals surface area contributed by atoms with E-state index in [4.69, 9.17) is 16.3 Å². The fraction of sp³-hybridized carbons (Fsp3) is 0.105. The lowest BCUT2D eigenvalue weighted by Gasteiger charge is -2.09. The van der Waals surface area contributed by atoms with Crippen molar-refractivity contribution < 1.29 is 4.74 Å². The fourth-order valence-corrected chi connectivity index (χ4v) is 2.36. The summed E-state index contributed by atoms with van der Waals surface area (Å²) < 4.78 is 5.73. The van der Waals surface area contributed by atoms with Gasteiger partial charge in [0, 0.05) is 17.6 Å². The molecule has 116 valence electrons. The Morgan fingerprint density at radius 3 is 2.48 bits per heavy atom. The van der Waals surface area contributed by atoms with Crippen molar-refractivity contribution in [3.8, 4) is 5.88 Å². The van der Waals surface area contributed by atoms with Crippen molar-refractivity contribution in [2.24, 2.45) is 0 Å². The molecular weight excluding hydrogens is 308 g/mol. The van der Waals surface area contributed by atoms with Gasteiger partial charge in [0.2, 0.25) is 5.88 Å². The maximum Gasteiger partial charge on any atom is 0.215 e. The smallest absolute Gasteiger partial charge is 0.215 e. The van der Waals surface area contributed by atoms with Gasteiger partial charge in [0.05, 0.1) is 0 Å². The van der Waals surface area contributed by atoms with Gasteiger partial charge in [-0.2, -0.15) is 4.98 Å². The van der Waals surface area contributed by atoms with Crippen molar-refractivity contribution in [3.05, 3.63) is 88.9 Å². The standard InChI is InChI=1S/C19H17ClN2O/c20-17-10-5-4-9-16(17)13-21-18-11-6-12-19(22-18)23-14-15-7-2-1-3-8-15/h1-12H,13-14H2,(H,21,22). The molecule has 0 unspecified atom stereocenters. The number of aromatic nitrogens is 1. The molecule has 0 spiro atoms. The summed E-state index contributed by atoms with van der Waals surface area (Å²) in [6.07, 6.45) is 0. The largest absolute Gasteiger partial charge is 0.473 e. The van der Waals surface area contributed by atoms with Crippen LogP contribution in [0, 0.1) is 0 Å². The second kappa shape index (κ2) is 7.65. The van der Waals surface area contributed by atoms with Crippen LogP contribution in [-0.4, -0.2) is 4.98 Å². The highest BCUT2D eigenvalue weighted by atomic mass is 35.5. The molecule has 0 aliphatic rings. The Hall–Kier alpha value is -2.52. The lowest BCUT2D eigenvalue weighted by atomic mass is 10.2. The second-order valence-corrected chi connectivity index (χ2v) is 5.49. The molecule has 4 heteroatoms. The van der Waals surface area contributed by atoms with Crippen molar-refractivity contribution >= 4 is 17.4 Å². The molecule has 3 nitrogen and oxygen atoms in total. The van der Waals surface area contributed by atoms with E-state index in [0.717, 1.165) is 22.0 Å². The highest BCUT2D eigenvalue weighted by Crippen LogP contribution is 2.18. The first-order valence-corrected chi connectivity index (χ1v) is 7.80. The second-order valence-electron chi connectivity index (χ2n) is 5.08. The number of ether oxygens (including phenoxy) is 1. The van der Waals surface area contributed by atoms with Crippen LogP contribution in [0.15, 0.2) is 72.8 Å². The third-order valence-corrected chi connectivity index (χ3v) is 3.74. The Bertz CT molecular complexity index is 762. The average molecular weight is 325 g/mol. The van der Waals surface area contributed by atoms with Crippen LogP contribution in [-0.2, 0) is 13.2 Å². The van der Waals surface area contributed by atoms with E-state index in [-0.39, 0.29) is 0 Å². The van der Waals surface area contributed by atoms with E-state index in [9.17, 15) is 0 Å². The molecule has 0 saturated carbocycles. The monoisotopic (exact) mass is 324 g/mol. The number of hydrogen-bond acceptors (Lipinski definition) is 3. The van der Waals surface area contributed by atoms with Gasteiger partial charge in [0.25, 0.3) is 0 Å². The summed E-state index contributed by atoms with van der Waals surface area (Å²) in [6, 6.07) is 23.5. The van der Waals surface area contributed by atoms with E-state index in [1.54, 1.807) is 0 Å². The third kappa shape index (κ3) is 4.47. The van der Waals surface area contributed by atoms with E-state index < -0.39 is 0 Å². The van der Waals surface area contributed by atoms with Gasteiger partial charge in [-0.3, -0.25) is 0 Å². The van der Waals surface area contributed by atoms with Gasteiger partial charge in [-0.05, 0) is 23.3 Å². The van der Waals surface area contributed by atoms with Gasteiger partial charge in [-0.25, -0.2) is 0 Å². The van der Waals surface area contributed by atoms with Gasteiger partial charge >= 0.3 is 0 Å². The Morgan fingerprint density at radius 1 is 0.870 bits per heavy atom. The van der Waals surface area contributed by atoms with E-state index in [1.165, 1.54) is 0 Å². The van der Waals surface area contributed by atoms with Crippen LogP contribution < -0.4 is 10.1 Å². The minimum absolute atomic E-state index is 0.502. The van der Waals surface area contributed by atoms with Crippen LogP contribution in [0.2, 0.25) is 5.02 Å². The number of anilines is 1. The summed E-state index contributed by atoms with van der Waals surface area (Å²) in [6.45, 7) is 1.12. The van der Waals surface area contributed by atoms with Crippen molar-refractivity contribution in [3.63, 3.8) is 0 Å². The van der Waals surface area contributed by atoms with Gasteiger partial charge in [0.15, 0.2) is 0 Å². The highest BCUT2D eigenvalue weighted by Gasteiger charge is 2.02. The first-order valence-electron chi connectivity index (χ1n) is 7.42. The van der Waals surface area contributed by atoms with E-state index >= 15 is 0 Å². The van der Waals surface area contributed by atoms with Crippen LogP contribution in [0.5, 0.6) is 5.88 Å². The van der Waals surface area contributed by atoms with Crippen LogP contribution >= 0.6 is 11.6 Å². The molecular formula is C19H17ClN2O. The predicted octanol–water partition coefficient (Wildman–Crippen LogP) is 4.93. The summed E-state index contributed by atoms with van der Waals surface area (Å²) in [4.78, 5) is 4.46. The molecule has 0 aliphatic carbocycles. The van der Waals surface area contributed by atoms with E-state index in [2.05, 4.69) is 10.3 Å². The van der Waals surface area contributed by atoms with Crippen molar-refractivity contribution in [1.29, 1.82) is 0 Å². The summed E-state index contributed by atoms with van der Waals surface area (Å²) >= 11 is 6.15. The normalized spacial score (nSPS) is 10.3. The number of nitrogens with one attached hydrogen (secondary N) is 1. The Labute approximate surface area is 140 Å². The lowest BCUT2D eigenvalue weighted by molar-refractivity contribution is 0.294. The number of hydrogen-bond donors (Lipinski definition) is 1. The van der Waals surface area contributed by atoms with Crippen LogP contribution in [0.1, 0.15) is 11.1 Å². The molecule has 0 amide bonds. The molecule has 0 radical (unpaired) electrons. The molecule has 0 aliphatic heterocycles. The molecule has 3 aromatic rings. The molecule has 2 aromatic carbocycles. The van der Waals surface area contributed by atoms with Crippen molar-refractivity contribution in [2.75, 3.05) is 5.32 Å². The molecule has 0 saturated heterocycles. The van der Waals surface area contributed by atoms with E-state index in [0.29, 0.717) is 19.0 Å². The van der Waals surface area contributed by atoms with Crippen molar-refractivity contribution in [1.82, 2.24) is 4.98 Å². The Balaban J connectivity index is 1.60. The molecule has 1 aromatic heterocycles. The average Bonchev–Trinajstić information content (AvgIpc) is 2.61. The zero-order chi connectivity index (χ0) is 15.9. The molecule has 0 fully saturated rings. The number of rotatable bonds is 6. The molecule has 3 rings (SSSR count). The number of benzene rings is 2. The molecule has 1 heterocycles. The lowest BCUT2D eigenvalue weighted by Crippen LogP contribution is -2.03. The maximum atomic E-state index is 6.15. The summed E-state index contributed by atoms with van der Waals surface area (Å²) in [5.74, 6) is 1.36. The van der Waals surface area contributed by atoms with Gasteiger partial charge < -0.3 is 10.1 Å². The minimum atomic E-state index is 0.502. The first kappa shape index (κ1) is 15.4. The molecule has 1 N–H and O–H groups in total. The first-order chi connectivity index (χ1) is 11.3. The third-order valence-electron chi connectivity index (χ3n) is 3.37. The zero-order valence-corrected chi connectivity index (χ0v) is 13.3. The Kier molecular flexibility index (Phi) is 5.12. The predicted molar refractivity (Wildman–Crippen MR) is 93.8 cm³/mol. The maximum absolute atomic E-state index is 6.15. The summed E-state index contributed by atoms with van der Waals surface area (Å²) in [5.41, 5.74) is 2.15. The molecule has 23 heavy (non-hydrogen) atoms. The molecule has 0 bridgehead atoms. The number of nitrogens with zero attached hydrogens (tertiary/aromatic N) is 1. The van der Waals surface area contributed by atoms with Crippen LogP contribution in [0.25, 0.3) is 0 Å².